The standard InChI is InChI=1S/C19H19N3O3/c1-24-16-12-10-15(11-13-16)20-17(23)8-5-9-18-21-22-19(25-18)14-6-3-2-4-7-14/h2-4,6-7,10-13H,5,8-9H2,1H3,(H,20,23). The smallest absolute Gasteiger partial charge is 0.247 e. The van der Waals surface area contributed by atoms with Gasteiger partial charge in [-0.15, -0.1) is 10.2 Å². The van der Waals surface area contributed by atoms with E-state index in [1.807, 2.05) is 30.3 Å². The molecular weight excluding hydrogens is 318 g/mol. The van der Waals surface area contributed by atoms with E-state index in [1.165, 1.54) is 0 Å². The molecule has 3 rings (SSSR count). The first-order valence-electron chi connectivity index (χ1n) is 8.06. The zero-order valence-electron chi connectivity index (χ0n) is 13.9. The fourth-order valence-electron chi connectivity index (χ4n) is 2.35. The number of rotatable bonds is 7. The third kappa shape index (κ3) is 4.67. The summed E-state index contributed by atoms with van der Waals surface area (Å²) in [5, 5.41) is 10.9. The van der Waals surface area contributed by atoms with Crippen molar-refractivity contribution in [3.8, 4) is 17.2 Å². The van der Waals surface area contributed by atoms with Crippen molar-refractivity contribution < 1.29 is 13.9 Å². The lowest BCUT2D eigenvalue weighted by atomic mass is 10.2. The number of carbonyl (C=O) groups is 1. The monoisotopic (exact) mass is 337 g/mol. The highest BCUT2D eigenvalue weighted by Gasteiger charge is 2.09. The molecule has 2 aromatic carbocycles. The Hall–Kier alpha value is -3.15. The maximum Gasteiger partial charge on any atom is 0.247 e. The minimum absolute atomic E-state index is 0.0482. The summed E-state index contributed by atoms with van der Waals surface area (Å²) in [6.07, 6.45) is 1.59. The molecule has 0 bridgehead atoms. The number of hydrogen-bond donors (Lipinski definition) is 1. The van der Waals surface area contributed by atoms with Crippen LogP contribution < -0.4 is 10.1 Å². The molecule has 25 heavy (non-hydrogen) atoms. The predicted molar refractivity (Wildman–Crippen MR) is 94.3 cm³/mol. The van der Waals surface area contributed by atoms with Gasteiger partial charge in [-0.3, -0.25) is 4.79 Å². The van der Waals surface area contributed by atoms with E-state index in [9.17, 15) is 4.79 Å². The van der Waals surface area contributed by atoms with Crippen LogP contribution >= 0.6 is 0 Å². The normalized spacial score (nSPS) is 10.4. The Morgan fingerprint density at radius 3 is 2.56 bits per heavy atom. The molecular formula is C19H19N3O3. The van der Waals surface area contributed by atoms with E-state index >= 15 is 0 Å². The molecule has 0 atom stereocenters. The van der Waals surface area contributed by atoms with Crippen LogP contribution in [0.25, 0.3) is 11.5 Å². The van der Waals surface area contributed by atoms with Crippen molar-refractivity contribution >= 4 is 11.6 Å². The molecule has 0 saturated heterocycles. The SMILES string of the molecule is COc1ccc(NC(=O)CCCc2nnc(-c3ccccc3)o2)cc1. The number of benzene rings is 2. The Morgan fingerprint density at radius 1 is 1.08 bits per heavy atom. The maximum atomic E-state index is 12.0. The van der Waals surface area contributed by atoms with Crippen molar-refractivity contribution in [1.82, 2.24) is 10.2 Å². The second kappa shape index (κ2) is 8.10. The minimum atomic E-state index is -0.0482. The second-order valence-electron chi connectivity index (χ2n) is 5.50. The largest absolute Gasteiger partial charge is 0.497 e. The number of aromatic nitrogens is 2. The molecule has 1 aromatic heterocycles. The summed E-state index contributed by atoms with van der Waals surface area (Å²) in [7, 11) is 1.61. The van der Waals surface area contributed by atoms with Crippen LogP contribution in [0.4, 0.5) is 5.69 Å². The number of methoxy groups -OCH3 is 1. The summed E-state index contributed by atoms with van der Waals surface area (Å²) in [6.45, 7) is 0. The number of hydrogen-bond acceptors (Lipinski definition) is 5. The molecule has 3 aromatic rings. The van der Waals surface area contributed by atoms with Gasteiger partial charge in [-0.2, -0.15) is 0 Å². The van der Waals surface area contributed by atoms with Gasteiger partial charge in [0.15, 0.2) is 0 Å². The van der Waals surface area contributed by atoms with E-state index in [4.69, 9.17) is 9.15 Å². The second-order valence-corrected chi connectivity index (χ2v) is 5.50. The highest BCUT2D eigenvalue weighted by atomic mass is 16.5. The van der Waals surface area contributed by atoms with E-state index < -0.39 is 0 Å². The Kier molecular flexibility index (Phi) is 5.41. The molecule has 6 heteroatoms. The van der Waals surface area contributed by atoms with E-state index in [0.717, 1.165) is 17.0 Å². The van der Waals surface area contributed by atoms with Crippen molar-refractivity contribution in [2.75, 3.05) is 12.4 Å². The lowest BCUT2D eigenvalue weighted by Crippen LogP contribution is -2.11. The number of amides is 1. The molecule has 0 aliphatic heterocycles. The summed E-state index contributed by atoms with van der Waals surface area (Å²) in [6, 6.07) is 16.8. The summed E-state index contributed by atoms with van der Waals surface area (Å²) in [4.78, 5) is 12.0. The highest BCUT2D eigenvalue weighted by Crippen LogP contribution is 2.18. The van der Waals surface area contributed by atoms with Crippen LogP contribution in [0.15, 0.2) is 59.0 Å². The third-order valence-corrected chi connectivity index (χ3v) is 3.66. The van der Waals surface area contributed by atoms with E-state index in [-0.39, 0.29) is 5.91 Å². The van der Waals surface area contributed by atoms with Crippen LogP contribution in [0.5, 0.6) is 5.75 Å². The molecule has 0 unspecified atom stereocenters. The zero-order chi connectivity index (χ0) is 17.5. The molecule has 1 heterocycles. The topological polar surface area (TPSA) is 77.2 Å². The molecule has 1 N–H and O–H groups in total. The van der Waals surface area contributed by atoms with Crippen LogP contribution in [0.2, 0.25) is 0 Å². The molecule has 128 valence electrons. The van der Waals surface area contributed by atoms with E-state index in [1.54, 1.807) is 31.4 Å². The van der Waals surface area contributed by atoms with Gasteiger partial charge in [-0.25, -0.2) is 0 Å². The van der Waals surface area contributed by atoms with Crippen molar-refractivity contribution in [2.45, 2.75) is 19.3 Å². The minimum Gasteiger partial charge on any atom is -0.497 e. The van der Waals surface area contributed by atoms with Crippen molar-refractivity contribution in [3.63, 3.8) is 0 Å². The summed E-state index contributed by atoms with van der Waals surface area (Å²) in [5.74, 6) is 1.74. The molecule has 0 aliphatic rings. The van der Waals surface area contributed by atoms with Gasteiger partial charge in [-0.1, -0.05) is 18.2 Å². The molecule has 1 amide bonds. The van der Waals surface area contributed by atoms with Gasteiger partial charge in [-0.05, 0) is 42.8 Å². The molecule has 6 nitrogen and oxygen atoms in total. The van der Waals surface area contributed by atoms with Crippen molar-refractivity contribution in [2.24, 2.45) is 0 Å². The van der Waals surface area contributed by atoms with E-state index in [0.29, 0.717) is 31.0 Å². The molecule has 0 radical (unpaired) electrons. The maximum absolute atomic E-state index is 12.0. The Labute approximate surface area is 145 Å². The summed E-state index contributed by atoms with van der Waals surface area (Å²) >= 11 is 0. The Bertz CT molecular complexity index is 813. The van der Waals surface area contributed by atoms with Crippen LogP contribution in [0.3, 0.4) is 0 Å². The Balaban J connectivity index is 1.46. The average Bonchev–Trinajstić information content (AvgIpc) is 3.12. The number of nitrogens with one attached hydrogen (secondary N) is 1. The fourth-order valence-corrected chi connectivity index (χ4v) is 2.35. The van der Waals surface area contributed by atoms with Gasteiger partial charge < -0.3 is 14.5 Å². The van der Waals surface area contributed by atoms with Crippen LogP contribution in [-0.2, 0) is 11.2 Å². The van der Waals surface area contributed by atoms with Crippen LogP contribution in [0.1, 0.15) is 18.7 Å². The average molecular weight is 337 g/mol. The van der Waals surface area contributed by atoms with Gasteiger partial charge in [0.1, 0.15) is 5.75 Å². The number of anilines is 1. The first-order chi connectivity index (χ1) is 12.2. The highest BCUT2D eigenvalue weighted by molar-refractivity contribution is 5.90. The summed E-state index contributed by atoms with van der Waals surface area (Å²) < 4.78 is 10.7. The third-order valence-electron chi connectivity index (χ3n) is 3.66. The molecule has 0 saturated carbocycles. The zero-order valence-corrected chi connectivity index (χ0v) is 13.9. The fraction of sp³-hybridized carbons (Fsp3) is 0.211. The number of carbonyl (C=O) groups excluding carboxylic acids is 1. The number of ether oxygens (including phenoxy) is 1. The molecule has 0 spiro atoms. The van der Waals surface area contributed by atoms with Crippen LogP contribution in [-0.4, -0.2) is 23.2 Å². The first-order valence-corrected chi connectivity index (χ1v) is 8.06. The lowest BCUT2D eigenvalue weighted by Gasteiger charge is -2.05. The van der Waals surface area contributed by atoms with Crippen molar-refractivity contribution in [3.05, 3.63) is 60.5 Å². The van der Waals surface area contributed by atoms with Gasteiger partial charge in [0.2, 0.25) is 17.7 Å². The molecule has 0 fully saturated rings. The van der Waals surface area contributed by atoms with Gasteiger partial charge in [0.25, 0.3) is 0 Å². The quantitative estimate of drug-likeness (QED) is 0.711. The van der Waals surface area contributed by atoms with Crippen molar-refractivity contribution in [1.29, 1.82) is 0 Å². The van der Waals surface area contributed by atoms with Gasteiger partial charge in [0, 0.05) is 24.1 Å². The Morgan fingerprint density at radius 2 is 1.84 bits per heavy atom. The number of nitrogens with zero attached hydrogens (tertiary/aromatic N) is 2. The van der Waals surface area contributed by atoms with Gasteiger partial charge >= 0.3 is 0 Å². The first kappa shape index (κ1) is 16.7. The van der Waals surface area contributed by atoms with Gasteiger partial charge in [0.05, 0.1) is 7.11 Å². The van der Waals surface area contributed by atoms with Crippen LogP contribution in [0, 0.1) is 0 Å². The summed E-state index contributed by atoms with van der Waals surface area (Å²) in [5.41, 5.74) is 1.63. The predicted octanol–water partition coefficient (Wildman–Crippen LogP) is 3.71. The lowest BCUT2D eigenvalue weighted by molar-refractivity contribution is -0.116. The number of aryl methyl sites for hydroxylation is 1. The van der Waals surface area contributed by atoms with E-state index in [2.05, 4.69) is 15.5 Å². The molecule has 0 aliphatic carbocycles.